The van der Waals surface area contributed by atoms with Gasteiger partial charge in [-0.15, -0.1) is 0 Å². The topological polar surface area (TPSA) is 89.5 Å². The Hall–Kier alpha value is -2.10. The Morgan fingerprint density at radius 3 is 2.85 bits per heavy atom. The van der Waals surface area contributed by atoms with Gasteiger partial charge in [-0.2, -0.15) is 5.26 Å². The molecule has 0 aromatic heterocycles. The smallest absolute Gasteiger partial charge is 0.194 e. The van der Waals surface area contributed by atoms with Crippen LogP contribution in [0.2, 0.25) is 0 Å². The van der Waals surface area contributed by atoms with Gasteiger partial charge in [0, 0.05) is 25.7 Å². The van der Waals surface area contributed by atoms with E-state index in [9.17, 15) is 5.26 Å². The van der Waals surface area contributed by atoms with E-state index >= 15 is 0 Å². The van der Waals surface area contributed by atoms with Crippen molar-refractivity contribution in [3.8, 4) is 6.07 Å². The molecule has 2 atom stereocenters. The predicted molar refractivity (Wildman–Crippen MR) is 111 cm³/mol. The van der Waals surface area contributed by atoms with Crippen LogP contribution in [0.4, 0.5) is 0 Å². The van der Waals surface area contributed by atoms with E-state index in [0.717, 1.165) is 37.6 Å². The summed E-state index contributed by atoms with van der Waals surface area (Å²) in [7, 11) is 1.99. The van der Waals surface area contributed by atoms with Crippen LogP contribution in [0.25, 0.3) is 0 Å². The van der Waals surface area contributed by atoms with E-state index in [1.54, 1.807) is 0 Å². The number of nitriles is 1. The van der Waals surface area contributed by atoms with Gasteiger partial charge in [0.25, 0.3) is 0 Å². The number of rotatable bonds is 7. The summed E-state index contributed by atoms with van der Waals surface area (Å²) in [6.07, 6.45) is 2.32. The third kappa shape index (κ3) is 6.23. The zero-order valence-electron chi connectivity index (χ0n) is 16.9. The second-order valence-corrected chi connectivity index (χ2v) is 7.62. The number of nitrogens with one attached hydrogen (secondary N) is 2. The molecule has 0 spiro atoms. The van der Waals surface area contributed by atoms with Crippen molar-refractivity contribution in [3.63, 3.8) is 0 Å². The number of benzene rings is 1. The van der Waals surface area contributed by atoms with Gasteiger partial charge in [-0.1, -0.05) is 32.0 Å². The van der Waals surface area contributed by atoms with Gasteiger partial charge in [0.05, 0.1) is 18.2 Å². The van der Waals surface area contributed by atoms with Crippen LogP contribution in [-0.2, 0) is 6.54 Å². The second kappa shape index (κ2) is 10.9. The largest absolute Gasteiger partial charge is 0.352 e. The van der Waals surface area contributed by atoms with Crippen LogP contribution in [-0.4, -0.2) is 50.1 Å². The first-order valence-electron chi connectivity index (χ1n) is 9.97. The number of piperidine rings is 1. The van der Waals surface area contributed by atoms with Gasteiger partial charge in [0.1, 0.15) is 0 Å². The summed E-state index contributed by atoms with van der Waals surface area (Å²) in [5, 5.41) is 16.2. The van der Waals surface area contributed by atoms with Crippen LogP contribution >= 0.6 is 0 Å². The predicted octanol–water partition coefficient (Wildman–Crippen LogP) is 1.92. The summed E-state index contributed by atoms with van der Waals surface area (Å²) >= 11 is 0. The molecular weight excluding hydrogens is 336 g/mol. The lowest BCUT2D eigenvalue weighted by atomic mass is 9.98. The minimum Gasteiger partial charge on any atom is -0.352 e. The van der Waals surface area contributed by atoms with Gasteiger partial charge in [0.15, 0.2) is 5.96 Å². The van der Waals surface area contributed by atoms with Crippen LogP contribution in [0, 0.1) is 23.2 Å². The van der Waals surface area contributed by atoms with Crippen molar-refractivity contribution in [3.05, 3.63) is 35.4 Å². The molecule has 1 saturated heterocycles. The summed E-state index contributed by atoms with van der Waals surface area (Å²) in [4.78, 5) is 7.25. The second-order valence-electron chi connectivity index (χ2n) is 7.62. The van der Waals surface area contributed by atoms with E-state index in [2.05, 4.69) is 35.5 Å². The number of aliphatic imine (C=N–C) groups is 1. The van der Waals surface area contributed by atoms with E-state index in [0.29, 0.717) is 36.5 Å². The van der Waals surface area contributed by atoms with Crippen molar-refractivity contribution in [1.29, 1.82) is 5.26 Å². The van der Waals surface area contributed by atoms with Crippen molar-refractivity contribution in [2.45, 2.75) is 39.3 Å². The Morgan fingerprint density at radius 1 is 1.41 bits per heavy atom. The van der Waals surface area contributed by atoms with Crippen LogP contribution in [0.5, 0.6) is 0 Å². The molecule has 1 fully saturated rings. The van der Waals surface area contributed by atoms with E-state index in [1.165, 1.54) is 6.42 Å². The van der Waals surface area contributed by atoms with Gasteiger partial charge in [-0.05, 0) is 49.9 Å². The zero-order chi connectivity index (χ0) is 19.6. The monoisotopic (exact) mass is 370 g/mol. The highest BCUT2D eigenvalue weighted by Crippen LogP contribution is 2.16. The lowest BCUT2D eigenvalue weighted by Crippen LogP contribution is -2.48. The number of nitrogens with two attached hydrogens (primary N) is 1. The fraction of sp³-hybridized carbons (Fsp3) is 0.619. The molecule has 27 heavy (non-hydrogen) atoms. The van der Waals surface area contributed by atoms with Gasteiger partial charge >= 0.3 is 0 Å². The molecule has 6 heteroatoms. The van der Waals surface area contributed by atoms with Gasteiger partial charge in [0.2, 0.25) is 0 Å². The lowest BCUT2D eigenvalue weighted by molar-refractivity contribution is 0.255. The number of likely N-dealkylation sites (tertiary alicyclic amines) is 1. The molecule has 0 aliphatic carbocycles. The van der Waals surface area contributed by atoms with Crippen molar-refractivity contribution in [2.75, 3.05) is 33.2 Å². The fourth-order valence-corrected chi connectivity index (χ4v) is 3.50. The summed E-state index contributed by atoms with van der Waals surface area (Å²) in [5.41, 5.74) is 7.62. The molecule has 1 aliphatic heterocycles. The normalized spacial score (nSPS) is 19.0. The average Bonchev–Trinajstić information content (AvgIpc) is 2.70. The highest BCUT2D eigenvalue weighted by molar-refractivity contribution is 5.80. The van der Waals surface area contributed by atoms with Crippen LogP contribution in [0.3, 0.4) is 0 Å². The maximum Gasteiger partial charge on any atom is 0.194 e. The van der Waals surface area contributed by atoms with Gasteiger partial charge in [-0.3, -0.25) is 4.99 Å². The molecule has 148 valence electrons. The van der Waals surface area contributed by atoms with Crippen LogP contribution < -0.4 is 16.4 Å². The number of hydrogen-bond acceptors (Lipinski definition) is 4. The Morgan fingerprint density at radius 2 is 2.19 bits per heavy atom. The number of guanidine groups is 1. The number of nitrogens with zero attached hydrogens (tertiary/aromatic N) is 3. The van der Waals surface area contributed by atoms with Gasteiger partial charge < -0.3 is 21.3 Å². The third-order valence-electron chi connectivity index (χ3n) is 5.34. The average molecular weight is 371 g/mol. The minimum absolute atomic E-state index is 0.336. The molecule has 1 aromatic carbocycles. The Kier molecular flexibility index (Phi) is 8.56. The first-order valence-corrected chi connectivity index (χ1v) is 9.97. The van der Waals surface area contributed by atoms with Crippen molar-refractivity contribution >= 4 is 5.96 Å². The van der Waals surface area contributed by atoms with Gasteiger partial charge in [-0.25, -0.2) is 0 Å². The van der Waals surface area contributed by atoms with E-state index in [-0.39, 0.29) is 0 Å². The van der Waals surface area contributed by atoms with Crippen molar-refractivity contribution in [2.24, 2.45) is 22.6 Å². The molecule has 2 unspecified atom stereocenters. The number of hydrogen-bond donors (Lipinski definition) is 3. The Bertz CT molecular complexity index is 648. The molecule has 6 nitrogen and oxygen atoms in total. The highest BCUT2D eigenvalue weighted by atomic mass is 15.3. The molecule has 1 aromatic rings. The first-order chi connectivity index (χ1) is 13.1. The molecule has 0 radical (unpaired) electrons. The van der Waals surface area contributed by atoms with Crippen LogP contribution in [0.1, 0.15) is 37.8 Å². The molecule has 0 amide bonds. The summed E-state index contributed by atoms with van der Waals surface area (Å²) in [6, 6.07) is 10.3. The highest BCUT2D eigenvalue weighted by Gasteiger charge is 2.22. The molecule has 1 aliphatic rings. The summed E-state index contributed by atoms with van der Waals surface area (Å²) in [6.45, 7) is 8.38. The van der Waals surface area contributed by atoms with E-state index < -0.39 is 0 Å². The Balaban J connectivity index is 2.14. The molecule has 0 bridgehead atoms. The first kappa shape index (κ1) is 21.2. The number of likely N-dealkylation sites (N-methyl/N-ethyl adjacent to an activating group) is 1. The fourth-order valence-electron chi connectivity index (χ4n) is 3.50. The zero-order valence-corrected chi connectivity index (χ0v) is 16.9. The minimum atomic E-state index is 0.336. The van der Waals surface area contributed by atoms with Crippen molar-refractivity contribution in [1.82, 2.24) is 15.5 Å². The summed E-state index contributed by atoms with van der Waals surface area (Å²) < 4.78 is 0. The van der Waals surface area contributed by atoms with E-state index in [1.807, 2.05) is 31.3 Å². The van der Waals surface area contributed by atoms with Crippen molar-refractivity contribution < 1.29 is 0 Å². The van der Waals surface area contributed by atoms with Crippen LogP contribution in [0.15, 0.2) is 29.3 Å². The summed E-state index contributed by atoms with van der Waals surface area (Å²) in [5.74, 6) is 1.95. The lowest BCUT2D eigenvalue weighted by Gasteiger charge is -2.35. The SMILES string of the molecule is CNC(C/N=C(\NCc1ccccc1C#N)N1CCCC(CN)C1)C(C)C. The van der Waals surface area contributed by atoms with E-state index in [4.69, 9.17) is 10.7 Å². The molecule has 2 rings (SSSR count). The quantitative estimate of drug-likeness (QED) is 0.504. The maximum absolute atomic E-state index is 9.33. The molecule has 0 saturated carbocycles. The molecule has 1 heterocycles. The third-order valence-corrected chi connectivity index (χ3v) is 5.34. The molecular formula is C21H34N6. The Labute approximate surface area is 163 Å². The molecule has 4 N–H and O–H groups in total. The standard InChI is InChI=1S/C21H34N6/c1-16(2)20(24-3)14-26-21(27-10-6-7-17(11-22)15-27)25-13-19-9-5-4-8-18(19)12-23/h4-5,8-9,16-17,20,24H,6-7,10-11,13-15,22H2,1-3H3,(H,25,26). The maximum atomic E-state index is 9.33.